The molecule has 7 heteroatoms. The molecule has 0 unspecified atom stereocenters. The molecule has 1 aromatic heterocycles. The molecule has 2 aliphatic rings. The van der Waals surface area contributed by atoms with Gasteiger partial charge in [0.15, 0.2) is 5.96 Å². The van der Waals surface area contributed by atoms with Gasteiger partial charge in [0, 0.05) is 37.2 Å². The second kappa shape index (κ2) is 9.94. The van der Waals surface area contributed by atoms with Crippen LogP contribution in [0.25, 0.3) is 0 Å². The van der Waals surface area contributed by atoms with Gasteiger partial charge in [-0.05, 0) is 50.2 Å². The van der Waals surface area contributed by atoms with Crippen molar-refractivity contribution in [3.8, 4) is 0 Å². The summed E-state index contributed by atoms with van der Waals surface area (Å²) in [5.74, 6) is 0.892. The first kappa shape index (κ1) is 19.9. The van der Waals surface area contributed by atoms with E-state index in [0.29, 0.717) is 0 Å². The van der Waals surface area contributed by atoms with Crippen LogP contribution in [-0.4, -0.2) is 56.3 Å². The number of halogens is 1. The van der Waals surface area contributed by atoms with Crippen LogP contribution >= 0.6 is 35.3 Å². The number of thiophene rings is 1. The van der Waals surface area contributed by atoms with E-state index in [1.165, 1.54) is 30.8 Å². The van der Waals surface area contributed by atoms with Gasteiger partial charge >= 0.3 is 0 Å². The van der Waals surface area contributed by atoms with Gasteiger partial charge in [0.25, 0.3) is 0 Å². The SMILES string of the molecule is CN=C(NCc1cccs1)NCC1(N2CCCC2)CCOCC1.I. The molecule has 2 N–H and O–H groups in total. The van der Waals surface area contributed by atoms with Crippen LogP contribution in [0.2, 0.25) is 0 Å². The minimum absolute atomic E-state index is 0. The zero-order valence-electron chi connectivity index (χ0n) is 14.4. The normalized spacial score (nSPS) is 21.3. The van der Waals surface area contributed by atoms with E-state index in [0.717, 1.165) is 45.1 Å². The van der Waals surface area contributed by atoms with E-state index in [-0.39, 0.29) is 29.5 Å². The predicted molar refractivity (Wildman–Crippen MR) is 112 cm³/mol. The average Bonchev–Trinajstić information content (AvgIpc) is 3.30. The number of nitrogens with zero attached hydrogens (tertiary/aromatic N) is 2. The first-order valence-corrected chi connectivity index (χ1v) is 9.50. The van der Waals surface area contributed by atoms with Crippen LogP contribution < -0.4 is 10.6 Å². The summed E-state index contributed by atoms with van der Waals surface area (Å²) in [5, 5.41) is 9.09. The molecule has 2 aliphatic heterocycles. The Kier molecular flexibility index (Phi) is 8.25. The van der Waals surface area contributed by atoms with Crippen molar-refractivity contribution in [1.29, 1.82) is 0 Å². The highest BCUT2D eigenvalue weighted by Crippen LogP contribution is 2.30. The number of guanidine groups is 1. The third-order valence-electron chi connectivity index (χ3n) is 5.02. The molecule has 0 aromatic carbocycles. The monoisotopic (exact) mass is 464 g/mol. The Morgan fingerprint density at radius 2 is 2.04 bits per heavy atom. The van der Waals surface area contributed by atoms with Crippen LogP contribution in [0.3, 0.4) is 0 Å². The van der Waals surface area contributed by atoms with Gasteiger partial charge in [-0.3, -0.25) is 9.89 Å². The Bertz CT molecular complexity index is 497. The van der Waals surface area contributed by atoms with Crippen molar-refractivity contribution in [2.75, 3.05) is 39.9 Å². The van der Waals surface area contributed by atoms with Gasteiger partial charge in [-0.25, -0.2) is 0 Å². The number of likely N-dealkylation sites (tertiary alicyclic amines) is 1. The molecule has 0 amide bonds. The molecule has 1 aromatic rings. The zero-order chi connectivity index (χ0) is 16.0. The van der Waals surface area contributed by atoms with Crippen molar-refractivity contribution in [3.63, 3.8) is 0 Å². The van der Waals surface area contributed by atoms with Crippen molar-refractivity contribution >= 4 is 41.3 Å². The molecule has 0 radical (unpaired) electrons. The Balaban J connectivity index is 0.00000208. The van der Waals surface area contributed by atoms with Crippen molar-refractivity contribution in [2.45, 2.75) is 37.8 Å². The van der Waals surface area contributed by atoms with Crippen LogP contribution in [0.5, 0.6) is 0 Å². The standard InChI is InChI=1S/C17H28N4OS.HI/c1-18-16(19-13-15-5-4-12-23-15)20-14-17(6-10-22-11-7-17)21-8-2-3-9-21;/h4-5,12H,2-3,6-11,13-14H2,1H3,(H2,18,19,20);1H. The third kappa shape index (κ3) is 5.06. The fourth-order valence-corrected chi connectivity index (χ4v) is 4.25. The maximum Gasteiger partial charge on any atom is 0.191 e. The molecule has 2 saturated heterocycles. The van der Waals surface area contributed by atoms with Crippen molar-refractivity contribution < 1.29 is 4.74 Å². The van der Waals surface area contributed by atoms with Gasteiger partial charge in [-0.2, -0.15) is 0 Å². The molecule has 24 heavy (non-hydrogen) atoms. The summed E-state index contributed by atoms with van der Waals surface area (Å²) in [6.45, 7) is 5.97. The Morgan fingerprint density at radius 1 is 1.29 bits per heavy atom. The summed E-state index contributed by atoms with van der Waals surface area (Å²) in [5.41, 5.74) is 0.231. The highest BCUT2D eigenvalue weighted by molar-refractivity contribution is 14.0. The van der Waals surface area contributed by atoms with E-state index in [1.54, 1.807) is 11.3 Å². The number of ether oxygens (including phenoxy) is 1. The van der Waals surface area contributed by atoms with E-state index in [1.807, 2.05) is 7.05 Å². The van der Waals surface area contributed by atoms with Gasteiger partial charge in [0.05, 0.1) is 6.54 Å². The third-order valence-corrected chi connectivity index (χ3v) is 5.90. The lowest BCUT2D eigenvalue weighted by Crippen LogP contribution is -2.58. The van der Waals surface area contributed by atoms with Crippen LogP contribution in [-0.2, 0) is 11.3 Å². The number of hydrogen-bond donors (Lipinski definition) is 2. The van der Waals surface area contributed by atoms with Crippen LogP contribution in [0, 0.1) is 0 Å². The maximum absolute atomic E-state index is 5.61. The second-order valence-electron chi connectivity index (χ2n) is 6.39. The molecule has 0 spiro atoms. The molecule has 0 bridgehead atoms. The van der Waals surface area contributed by atoms with E-state index in [4.69, 9.17) is 4.74 Å². The minimum Gasteiger partial charge on any atom is -0.381 e. The second-order valence-corrected chi connectivity index (χ2v) is 7.42. The quantitative estimate of drug-likeness (QED) is 0.400. The van der Waals surface area contributed by atoms with Gasteiger partial charge in [0.1, 0.15) is 0 Å². The summed E-state index contributed by atoms with van der Waals surface area (Å²) in [4.78, 5) is 8.38. The van der Waals surface area contributed by atoms with E-state index in [2.05, 4.69) is 38.0 Å². The maximum atomic E-state index is 5.61. The van der Waals surface area contributed by atoms with Gasteiger partial charge < -0.3 is 15.4 Å². The van der Waals surface area contributed by atoms with Crippen LogP contribution in [0.4, 0.5) is 0 Å². The van der Waals surface area contributed by atoms with E-state index >= 15 is 0 Å². The molecule has 3 heterocycles. The van der Waals surface area contributed by atoms with Crippen molar-refractivity contribution in [3.05, 3.63) is 22.4 Å². The Morgan fingerprint density at radius 3 is 2.67 bits per heavy atom. The lowest BCUT2D eigenvalue weighted by atomic mass is 9.88. The first-order valence-electron chi connectivity index (χ1n) is 8.62. The summed E-state index contributed by atoms with van der Waals surface area (Å²) >= 11 is 1.77. The Labute approximate surface area is 166 Å². The zero-order valence-corrected chi connectivity index (χ0v) is 17.6. The summed E-state index contributed by atoms with van der Waals surface area (Å²) < 4.78 is 5.61. The molecule has 0 aliphatic carbocycles. The van der Waals surface area contributed by atoms with Gasteiger partial charge in [-0.1, -0.05) is 6.07 Å². The molecular weight excluding hydrogens is 435 g/mol. The summed E-state index contributed by atoms with van der Waals surface area (Å²) in [6.07, 6.45) is 4.88. The van der Waals surface area contributed by atoms with Crippen LogP contribution in [0.1, 0.15) is 30.6 Å². The highest BCUT2D eigenvalue weighted by atomic mass is 127. The first-order chi connectivity index (χ1) is 11.3. The number of rotatable bonds is 5. The Hall–Kier alpha value is -0.380. The molecule has 136 valence electrons. The number of hydrogen-bond acceptors (Lipinski definition) is 4. The molecular formula is C17H29IN4OS. The topological polar surface area (TPSA) is 48.9 Å². The lowest BCUT2D eigenvalue weighted by Gasteiger charge is -2.45. The minimum atomic E-state index is 0. The fourth-order valence-electron chi connectivity index (χ4n) is 3.60. The van der Waals surface area contributed by atoms with E-state index in [9.17, 15) is 0 Å². The molecule has 0 atom stereocenters. The number of aliphatic imine (C=N–C) groups is 1. The smallest absolute Gasteiger partial charge is 0.191 e. The molecule has 5 nitrogen and oxygen atoms in total. The van der Waals surface area contributed by atoms with Crippen molar-refractivity contribution in [1.82, 2.24) is 15.5 Å². The predicted octanol–water partition coefficient (Wildman–Crippen LogP) is 2.68. The highest BCUT2D eigenvalue weighted by Gasteiger charge is 2.39. The summed E-state index contributed by atoms with van der Waals surface area (Å²) in [7, 11) is 1.84. The van der Waals surface area contributed by atoms with Crippen LogP contribution in [0.15, 0.2) is 22.5 Å². The molecule has 0 saturated carbocycles. The lowest BCUT2D eigenvalue weighted by molar-refractivity contribution is -0.0164. The van der Waals surface area contributed by atoms with Gasteiger partial charge in [0.2, 0.25) is 0 Å². The summed E-state index contributed by atoms with van der Waals surface area (Å²) in [6, 6.07) is 4.23. The molecule has 3 rings (SSSR count). The molecule has 2 fully saturated rings. The fraction of sp³-hybridized carbons (Fsp3) is 0.706. The average molecular weight is 464 g/mol. The van der Waals surface area contributed by atoms with E-state index < -0.39 is 0 Å². The van der Waals surface area contributed by atoms with Crippen molar-refractivity contribution in [2.24, 2.45) is 4.99 Å². The largest absolute Gasteiger partial charge is 0.381 e. The number of nitrogens with one attached hydrogen (secondary N) is 2. The van der Waals surface area contributed by atoms with Gasteiger partial charge in [-0.15, -0.1) is 35.3 Å².